The van der Waals surface area contributed by atoms with E-state index in [4.69, 9.17) is 4.74 Å². The first-order valence-corrected chi connectivity index (χ1v) is 9.61. The lowest BCUT2D eigenvalue weighted by atomic mass is 10.1. The molecule has 0 spiro atoms. The van der Waals surface area contributed by atoms with Gasteiger partial charge in [-0.3, -0.25) is 4.79 Å². The minimum atomic E-state index is 0.0958. The molecule has 1 amide bonds. The highest BCUT2D eigenvalue weighted by Gasteiger charge is 2.23. The third kappa shape index (κ3) is 4.33. The van der Waals surface area contributed by atoms with E-state index in [2.05, 4.69) is 28.6 Å². The van der Waals surface area contributed by atoms with Gasteiger partial charge in [0.2, 0.25) is 0 Å². The van der Waals surface area contributed by atoms with E-state index in [0.717, 1.165) is 49.3 Å². The van der Waals surface area contributed by atoms with Gasteiger partial charge in [0.25, 0.3) is 5.91 Å². The standard InChI is InChI=1S/C21H29N3O2/c1-4-6-17-7-9-18(10-8-17)21(25)23-11-5-12-24-15-22-19(20(24)13-23)14-26-16(2)3/h7-10,15-16H,4-6,11-14H2,1-3H3. The summed E-state index contributed by atoms with van der Waals surface area (Å²) in [6, 6.07) is 8.05. The Balaban J connectivity index is 1.75. The van der Waals surface area contributed by atoms with E-state index in [0.29, 0.717) is 13.2 Å². The second-order valence-corrected chi connectivity index (χ2v) is 7.22. The fourth-order valence-electron chi connectivity index (χ4n) is 3.34. The zero-order chi connectivity index (χ0) is 18.5. The van der Waals surface area contributed by atoms with E-state index in [1.54, 1.807) is 0 Å². The number of aryl methyl sites for hydroxylation is 2. The summed E-state index contributed by atoms with van der Waals surface area (Å²) in [5, 5.41) is 0. The van der Waals surface area contributed by atoms with Crippen LogP contribution in [0.2, 0.25) is 0 Å². The molecule has 0 saturated heterocycles. The molecule has 0 bridgehead atoms. The van der Waals surface area contributed by atoms with Crippen molar-refractivity contribution in [1.82, 2.24) is 14.5 Å². The van der Waals surface area contributed by atoms with Crippen LogP contribution in [0.1, 0.15) is 60.9 Å². The quantitative estimate of drug-likeness (QED) is 0.792. The van der Waals surface area contributed by atoms with E-state index >= 15 is 0 Å². The van der Waals surface area contributed by atoms with Crippen LogP contribution >= 0.6 is 0 Å². The first-order valence-electron chi connectivity index (χ1n) is 9.61. The normalized spacial score (nSPS) is 14.4. The van der Waals surface area contributed by atoms with Crippen LogP contribution in [0, 0.1) is 0 Å². The van der Waals surface area contributed by atoms with Gasteiger partial charge in [0.15, 0.2) is 0 Å². The molecule has 0 radical (unpaired) electrons. The molecular formula is C21H29N3O2. The molecule has 3 rings (SSSR count). The van der Waals surface area contributed by atoms with Crippen molar-refractivity contribution in [2.24, 2.45) is 0 Å². The number of imidazole rings is 1. The van der Waals surface area contributed by atoms with E-state index in [1.165, 1.54) is 5.56 Å². The van der Waals surface area contributed by atoms with Crippen LogP contribution in [-0.4, -0.2) is 33.0 Å². The number of benzene rings is 1. The zero-order valence-corrected chi connectivity index (χ0v) is 16.1. The molecule has 0 atom stereocenters. The molecule has 0 saturated carbocycles. The summed E-state index contributed by atoms with van der Waals surface area (Å²) in [5.74, 6) is 0.0958. The Morgan fingerprint density at radius 2 is 2.00 bits per heavy atom. The largest absolute Gasteiger partial charge is 0.372 e. The SMILES string of the molecule is CCCc1ccc(C(=O)N2CCCn3cnc(COC(C)C)c3C2)cc1. The topological polar surface area (TPSA) is 47.4 Å². The van der Waals surface area contributed by atoms with Crippen molar-refractivity contribution in [2.75, 3.05) is 6.54 Å². The maximum Gasteiger partial charge on any atom is 0.254 e. The highest BCUT2D eigenvalue weighted by molar-refractivity contribution is 5.94. The lowest BCUT2D eigenvalue weighted by Crippen LogP contribution is -2.31. The van der Waals surface area contributed by atoms with Crippen LogP contribution in [0.5, 0.6) is 0 Å². The highest BCUT2D eigenvalue weighted by atomic mass is 16.5. The van der Waals surface area contributed by atoms with Crippen LogP contribution in [0.4, 0.5) is 0 Å². The summed E-state index contributed by atoms with van der Waals surface area (Å²) < 4.78 is 7.89. The number of ether oxygens (including phenoxy) is 1. The number of amides is 1. The molecule has 0 fully saturated rings. The van der Waals surface area contributed by atoms with Crippen molar-refractivity contribution >= 4 is 5.91 Å². The first-order chi connectivity index (χ1) is 12.6. The summed E-state index contributed by atoms with van der Waals surface area (Å²) >= 11 is 0. The first kappa shape index (κ1) is 18.6. The predicted molar refractivity (Wildman–Crippen MR) is 102 cm³/mol. The molecule has 0 aliphatic carbocycles. The molecule has 140 valence electrons. The summed E-state index contributed by atoms with van der Waals surface area (Å²) in [6.45, 7) is 8.95. The Morgan fingerprint density at radius 3 is 2.69 bits per heavy atom. The Labute approximate surface area is 156 Å². The predicted octanol–water partition coefficient (Wildman–Crippen LogP) is 3.81. The molecule has 0 N–H and O–H groups in total. The number of hydrogen-bond donors (Lipinski definition) is 0. The number of carbonyl (C=O) groups excluding carboxylic acids is 1. The van der Waals surface area contributed by atoms with Crippen molar-refractivity contribution in [3.05, 3.63) is 53.1 Å². The smallest absolute Gasteiger partial charge is 0.254 e. The number of aromatic nitrogens is 2. The molecule has 0 unspecified atom stereocenters. The fourth-order valence-corrected chi connectivity index (χ4v) is 3.34. The number of hydrogen-bond acceptors (Lipinski definition) is 3. The summed E-state index contributed by atoms with van der Waals surface area (Å²) in [7, 11) is 0. The number of fused-ring (bicyclic) bond motifs is 1. The lowest BCUT2D eigenvalue weighted by Gasteiger charge is -2.21. The van der Waals surface area contributed by atoms with Crippen LogP contribution in [-0.2, 0) is 30.9 Å². The minimum Gasteiger partial charge on any atom is -0.372 e. The molecule has 5 heteroatoms. The Bertz CT molecular complexity index is 734. The van der Waals surface area contributed by atoms with Gasteiger partial charge in [-0.2, -0.15) is 0 Å². The van der Waals surface area contributed by atoms with Crippen molar-refractivity contribution in [2.45, 2.75) is 65.8 Å². The van der Waals surface area contributed by atoms with E-state index in [-0.39, 0.29) is 12.0 Å². The monoisotopic (exact) mass is 355 g/mol. The summed E-state index contributed by atoms with van der Waals surface area (Å²) in [6.07, 6.45) is 5.15. The third-order valence-corrected chi connectivity index (χ3v) is 4.78. The second kappa shape index (κ2) is 8.49. The molecular weight excluding hydrogens is 326 g/mol. The molecule has 1 aliphatic rings. The van der Waals surface area contributed by atoms with E-state index in [1.807, 2.05) is 37.2 Å². The highest BCUT2D eigenvalue weighted by Crippen LogP contribution is 2.19. The van der Waals surface area contributed by atoms with Crippen LogP contribution in [0.3, 0.4) is 0 Å². The van der Waals surface area contributed by atoms with Gasteiger partial charge >= 0.3 is 0 Å². The van der Waals surface area contributed by atoms with Gasteiger partial charge in [-0.25, -0.2) is 4.98 Å². The Kier molecular flexibility index (Phi) is 6.09. The van der Waals surface area contributed by atoms with E-state index in [9.17, 15) is 4.79 Å². The minimum absolute atomic E-state index is 0.0958. The van der Waals surface area contributed by atoms with Gasteiger partial charge in [-0.15, -0.1) is 0 Å². The maximum atomic E-state index is 13.0. The summed E-state index contributed by atoms with van der Waals surface area (Å²) in [4.78, 5) is 19.4. The molecule has 2 heterocycles. The second-order valence-electron chi connectivity index (χ2n) is 7.22. The lowest BCUT2D eigenvalue weighted by molar-refractivity contribution is 0.0620. The molecule has 1 aliphatic heterocycles. The molecule has 1 aromatic heterocycles. The Morgan fingerprint density at radius 1 is 1.23 bits per heavy atom. The average Bonchev–Trinajstić information content (AvgIpc) is 2.88. The van der Waals surface area contributed by atoms with Gasteiger partial charge in [-0.05, 0) is 44.4 Å². The number of rotatable bonds is 6. The van der Waals surface area contributed by atoms with Crippen LogP contribution in [0.25, 0.3) is 0 Å². The molecule has 26 heavy (non-hydrogen) atoms. The average molecular weight is 355 g/mol. The molecule has 5 nitrogen and oxygen atoms in total. The molecule has 2 aromatic rings. The van der Waals surface area contributed by atoms with Crippen LogP contribution in [0.15, 0.2) is 30.6 Å². The molecule has 1 aromatic carbocycles. The number of carbonyl (C=O) groups is 1. The fraction of sp³-hybridized carbons (Fsp3) is 0.524. The van der Waals surface area contributed by atoms with Gasteiger partial charge in [-0.1, -0.05) is 25.5 Å². The van der Waals surface area contributed by atoms with Gasteiger partial charge in [0.1, 0.15) is 0 Å². The van der Waals surface area contributed by atoms with E-state index < -0.39 is 0 Å². The van der Waals surface area contributed by atoms with Crippen molar-refractivity contribution < 1.29 is 9.53 Å². The maximum absolute atomic E-state index is 13.0. The van der Waals surface area contributed by atoms with Crippen LogP contribution < -0.4 is 0 Å². The summed E-state index contributed by atoms with van der Waals surface area (Å²) in [5.41, 5.74) is 4.08. The zero-order valence-electron chi connectivity index (χ0n) is 16.1. The van der Waals surface area contributed by atoms with Gasteiger partial charge in [0.05, 0.1) is 37.0 Å². The third-order valence-electron chi connectivity index (χ3n) is 4.78. The van der Waals surface area contributed by atoms with Crippen molar-refractivity contribution in [3.63, 3.8) is 0 Å². The number of nitrogens with zero attached hydrogens (tertiary/aromatic N) is 3. The van der Waals surface area contributed by atoms with Gasteiger partial charge < -0.3 is 14.2 Å². The van der Waals surface area contributed by atoms with Gasteiger partial charge in [0, 0.05) is 18.7 Å². The van der Waals surface area contributed by atoms with Crippen molar-refractivity contribution in [3.8, 4) is 0 Å². The van der Waals surface area contributed by atoms with Crippen molar-refractivity contribution in [1.29, 1.82) is 0 Å². The Hall–Kier alpha value is -2.14.